The zero-order valence-electron chi connectivity index (χ0n) is 12.1. The van der Waals surface area contributed by atoms with E-state index in [0.29, 0.717) is 22.7 Å². The van der Waals surface area contributed by atoms with E-state index >= 15 is 0 Å². The maximum absolute atomic E-state index is 12.4. The molecule has 1 amide bonds. The van der Waals surface area contributed by atoms with Gasteiger partial charge in [-0.15, -0.1) is 11.3 Å². The number of hydrogen-bond donors (Lipinski definition) is 2. The number of nitrogens with zero attached hydrogens (tertiary/aromatic N) is 1. The Hall–Kier alpha value is -2.18. The second kappa shape index (κ2) is 6.29. The van der Waals surface area contributed by atoms with Gasteiger partial charge in [0.2, 0.25) is 0 Å². The van der Waals surface area contributed by atoms with E-state index in [1.807, 2.05) is 23.6 Å². The van der Waals surface area contributed by atoms with Crippen LogP contribution in [0.4, 0.5) is 5.13 Å². The summed E-state index contributed by atoms with van der Waals surface area (Å²) in [5, 5.41) is 14.8. The molecule has 6 heteroatoms. The molecule has 2 heterocycles. The van der Waals surface area contributed by atoms with Crippen molar-refractivity contribution in [2.75, 3.05) is 11.9 Å². The highest BCUT2D eigenvalue weighted by molar-refractivity contribution is 7.14. The molecule has 1 aromatic carbocycles. The van der Waals surface area contributed by atoms with Crippen LogP contribution in [0.25, 0.3) is 11.0 Å². The van der Waals surface area contributed by atoms with Gasteiger partial charge in [-0.1, -0.05) is 13.0 Å². The van der Waals surface area contributed by atoms with E-state index in [9.17, 15) is 4.79 Å². The highest BCUT2D eigenvalue weighted by Crippen LogP contribution is 2.24. The van der Waals surface area contributed by atoms with E-state index in [1.54, 1.807) is 0 Å². The first kappa shape index (κ1) is 14.7. The summed E-state index contributed by atoms with van der Waals surface area (Å²) in [6.07, 6.45) is 2.86. The molecule has 3 rings (SSSR count). The van der Waals surface area contributed by atoms with Crippen molar-refractivity contribution < 1.29 is 14.3 Å². The lowest BCUT2D eigenvalue weighted by atomic mass is 10.1. The Balaban J connectivity index is 1.84. The van der Waals surface area contributed by atoms with Crippen molar-refractivity contribution in [3.05, 3.63) is 46.7 Å². The highest BCUT2D eigenvalue weighted by atomic mass is 32.1. The fourth-order valence-electron chi connectivity index (χ4n) is 2.23. The van der Waals surface area contributed by atoms with Crippen molar-refractivity contribution >= 4 is 33.3 Å². The van der Waals surface area contributed by atoms with E-state index in [1.165, 1.54) is 17.6 Å². The molecular weight excluding hydrogens is 300 g/mol. The lowest BCUT2D eigenvalue weighted by molar-refractivity contribution is 0.102. The third-order valence-corrected chi connectivity index (χ3v) is 4.24. The number of aliphatic hydroxyl groups excluding tert-OH is 1. The Morgan fingerprint density at radius 2 is 2.32 bits per heavy atom. The van der Waals surface area contributed by atoms with E-state index in [4.69, 9.17) is 9.52 Å². The Bertz CT molecular complexity index is 807. The molecule has 3 aromatic rings. The normalized spacial score (nSPS) is 11.0. The van der Waals surface area contributed by atoms with E-state index in [0.717, 1.165) is 23.1 Å². The Morgan fingerprint density at radius 3 is 3.09 bits per heavy atom. The van der Waals surface area contributed by atoms with Gasteiger partial charge in [-0.2, -0.15) is 0 Å². The smallest absolute Gasteiger partial charge is 0.261 e. The number of rotatable bonds is 5. The SMILES string of the molecule is CCc1ccc2occ(C(=O)Nc3nc(CCO)cs3)c2c1. The molecule has 0 saturated carbocycles. The number of hydrogen-bond acceptors (Lipinski definition) is 5. The summed E-state index contributed by atoms with van der Waals surface area (Å²) < 4.78 is 5.44. The number of aromatic nitrogens is 1. The van der Waals surface area contributed by atoms with E-state index < -0.39 is 0 Å². The van der Waals surface area contributed by atoms with Crippen LogP contribution in [0, 0.1) is 0 Å². The molecule has 0 atom stereocenters. The highest BCUT2D eigenvalue weighted by Gasteiger charge is 2.15. The molecule has 0 aliphatic rings. The molecule has 0 aliphatic carbocycles. The third-order valence-electron chi connectivity index (χ3n) is 3.43. The molecule has 114 valence electrons. The number of aliphatic hydroxyl groups is 1. The van der Waals surface area contributed by atoms with Crippen LogP contribution in [0.5, 0.6) is 0 Å². The topological polar surface area (TPSA) is 75.4 Å². The predicted octanol–water partition coefficient (Wildman–Crippen LogP) is 3.24. The summed E-state index contributed by atoms with van der Waals surface area (Å²) in [6.45, 7) is 2.11. The van der Waals surface area contributed by atoms with Gasteiger partial charge in [0, 0.05) is 23.8 Å². The average Bonchev–Trinajstić information content (AvgIpc) is 3.13. The van der Waals surface area contributed by atoms with Gasteiger partial charge in [0.1, 0.15) is 11.8 Å². The molecule has 0 fully saturated rings. The monoisotopic (exact) mass is 316 g/mol. The van der Waals surface area contributed by atoms with Gasteiger partial charge < -0.3 is 9.52 Å². The molecule has 5 nitrogen and oxygen atoms in total. The van der Waals surface area contributed by atoms with Crippen molar-refractivity contribution in [1.82, 2.24) is 4.98 Å². The number of anilines is 1. The van der Waals surface area contributed by atoms with Crippen molar-refractivity contribution in [3.63, 3.8) is 0 Å². The van der Waals surface area contributed by atoms with Crippen molar-refractivity contribution in [3.8, 4) is 0 Å². The number of thiazole rings is 1. The van der Waals surface area contributed by atoms with E-state index in [2.05, 4.69) is 17.2 Å². The number of furan rings is 1. The standard InChI is InChI=1S/C16H16N2O3S/c1-2-10-3-4-14-12(7-10)13(8-21-14)15(20)18-16-17-11(5-6-19)9-22-16/h3-4,7-9,19H,2,5-6H2,1H3,(H,17,18,20). The van der Waals surface area contributed by atoms with Crippen LogP contribution in [0.3, 0.4) is 0 Å². The van der Waals surface area contributed by atoms with Gasteiger partial charge in [0.05, 0.1) is 11.3 Å². The van der Waals surface area contributed by atoms with Crippen LogP contribution < -0.4 is 5.32 Å². The summed E-state index contributed by atoms with van der Waals surface area (Å²) in [4.78, 5) is 16.7. The molecular formula is C16H16N2O3S. The molecule has 0 bridgehead atoms. The molecule has 2 N–H and O–H groups in total. The molecule has 2 aromatic heterocycles. The van der Waals surface area contributed by atoms with Gasteiger partial charge in [-0.25, -0.2) is 4.98 Å². The second-order valence-corrected chi connectivity index (χ2v) is 5.76. The van der Waals surface area contributed by atoms with Crippen molar-refractivity contribution in [2.24, 2.45) is 0 Å². The first-order valence-corrected chi connectivity index (χ1v) is 7.96. The number of aryl methyl sites for hydroxylation is 1. The van der Waals surface area contributed by atoms with Crippen LogP contribution >= 0.6 is 11.3 Å². The van der Waals surface area contributed by atoms with Gasteiger partial charge >= 0.3 is 0 Å². The van der Waals surface area contributed by atoms with Crippen molar-refractivity contribution in [2.45, 2.75) is 19.8 Å². The molecule has 0 saturated heterocycles. The zero-order valence-corrected chi connectivity index (χ0v) is 12.9. The fourth-order valence-corrected chi connectivity index (χ4v) is 2.97. The molecule has 0 spiro atoms. The predicted molar refractivity (Wildman–Crippen MR) is 86.4 cm³/mol. The minimum absolute atomic E-state index is 0.0449. The molecule has 0 aliphatic heterocycles. The van der Waals surface area contributed by atoms with Gasteiger partial charge in [0.15, 0.2) is 5.13 Å². The average molecular weight is 316 g/mol. The fraction of sp³-hybridized carbons (Fsp3) is 0.250. The summed E-state index contributed by atoms with van der Waals surface area (Å²) in [6, 6.07) is 5.86. The van der Waals surface area contributed by atoms with Gasteiger partial charge in [-0.3, -0.25) is 10.1 Å². The molecule has 0 radical (unpaired) electrons. The number of benzene rings is 1. The van der Waals surface area contributed by atoms with Crippen LogP contribution in [0.1, 0.15) is 28.5 Å². The maximum Gasteiger partial charge on any atom is 0.261 e. The number of amides is 1. The number of nitrogens with one attached hydrogen (secondary N) is 1. The first-order chi connectivity index (χ1) is 10.7. The molecule has 22 heavy (non-hydrogen) atoms. The summed E-state index contributed by atoms with van der Waals surface area (Å²) in [7, 11) is 0. The van der Waals surface area contributed by atoms with Gasteiger partial charge in [-0.05, 0) is 24.1 Å². The van der Waals surface area contributed by atoms with Crippen LogP contribution in [-0.4, -0.2) is 22.6 Å². The minimum atomic E-state index is -0.239. The van der Waals surface area contributed by atoms with Crippen LogP contribution in [0.15, 0.2) is 34.3 Å². The second-order valence-electron chi connectivity index (χ2n) is 4.91. The zero-order chi connectivity index (χ0) is 15.5. The third kappa shape index (κ3) is 2.88. The first-order valence-electron chi connectivity index (χ1n) is 7.08. The quantitative estimate of drug-likeness (QED) is 0.757. The summed E-state index contributed by atoms with van der Waals surface area (Å²) in [5.41, 5.74) is 3.13. The van der Waals surface area contributed by atoms with Crippen molar-refractivity contribution in [1.29, 1.82) is 0 Å². The lowest BCUT2D eigenvalue weighted by Crippen LogP contribution is -2.11. The number of carbonyl (C=O) groups excluding carboxylic acids is 1. The number of fused-ring (bicyclic) bond motifs is 1. The maximum atomic E-state index is 12.4. The molecule has 0 unspecified atom stereocenters. The largest absolute Gasteiger partial charge is 0.463 e. The summed E-state index contributed by atoms with van der Waals surface area (Å²) in [5.74, 6) is -0.239. The van der Waals surface area contributed by atoms with E-state index in [-0.39, 0.29) is 12.5 Å². The number of carbonyl (C=O) groups is 1. The Morgan fingerprint density at radius 1 is 1.45 bits per heavy atom. The Labute approximate surface area is 131 Å². The lowest BCUT2D eigenvalue weighted by Gasteiger charge is -2.00. The van der Waals surface area contributed by atoms with Gasteiger partial charge in [0.25, 0.3) is 5.91 Å². The van der Waals surface area contributed by atoms with Crippen LogP contribution in [-0.2, 0) is 12.8 Å². The van der Waals surface area contributed by atoms with Crippen LogP contribution in [0.2, 0.25) is 0 Å². The minimum Gasteiger partial charge on any atom is -0.463 e. The Kier molecular flexibility index (Phi) is 4.22. The summed E-state index contributed by atoms with van der Waals surface area (Å²) >= 11 is 1.34.